The number of nitrogens with one attached hydrogen (secondary N) is 2. The summed E-state index contributed by atoms with van der Waals surface area (Å²) < 4.78 is 5.36. The van der Waals surface area contributed by atoms with Crippen LogP contribution in [0.15, 0.2) is 48.5 Å². The number of methoxy groups -OCH3 is 1. The van der Waals surface area contributed by atoms with Gasteiger partial charge < -0.3 is 15.4 Å². The summed E-state index contributed by atoms with van der Waals surface area (Å²) in [5.74, 6) is 0.586. The first kappa shape index (κ1) is 19.0. The van der Waals surface area contributed by atoms with Gasteiger partial charge in [0.15, 0.2) is 0 Å². The molecule has 2 N–H and O–H groups in total. The molecule has 2 aromatic rings. The van der Waals surface area contributed by atoms with Gasteiger partial charge in [-0.15, -0.1) is 0 Å². The second-order valence-electron chi connectivity index (χ2n) is 6.20. The highest BCUT2D eigenvalue weighted by Crippen LogP contribution is 2.26. The molecule has 0 saturated heterocycles. The van der Waals surface area contributed by atoms with Crippen molar-refractivity contribution in [1.82, 2.24) is 5.32 Å². The van der Waals surface area contributed by atoms with Crippen molar-refractivity contribution in [3.05, 3.63) is 59.7 Å². The molecule has 25 heavy (non-hydrogen) atoms. The summed E-state index contributed by atoms with van der Waals surface area (Å²) in [6.45, 7) is 4.98. The molecular formula is C21H28N2O2. The van der Waals surface area contributed by atoms with Crippen LogP contribution in [0.4, 0.5) is 5.69 Å². The van der Waals surface area contributed by atoms with Gasteiger partial charge in [0.25, 0.3) is 0 Å². The fourth-order valence-electron chi connectivity index (χ4n) is 2.75. The molecule has 4 nitrogen and oxygen atoms in total. The first-order chi connectivity index (χ1) is 12.2. The third kappa shape index (κ3) is 5.61. The molecule has 134 valence electrons. The molecular weight excluding hydrogens is 312 g/mol. The zero-order valence-electron chi connectivity index (χ0n) is 15.3. The molecule has 4 heteroatoms. The maximum atomic E-state index is 12.9. The molecule has 1 amide bonds. The molecule has 0 bridgehead atoms. The molecule has 0 aromatic heterocycles. The number of anilines is 1. The number of unbranched alkanes of at least 4 members (excludes halogenated alkanes) is 2. The van der Waals surface area contributed by atoms with E-state index in [4.69, 9.17) is 4.74 Å². The van der Waals surface area contributed by atoms with Gasteiger partial charge in [0.2, 0.25) is 5.91 Å². The molecule has 2 aromatic carbocycles. The third-order valence-corrected chi connectivity index (χ3v) is 4.14. The van der Waals surface area contributed by atoms with Crippen LogP contribution in [0.2, 0.25) is 0 Å². The molecule has 0 aliphatic carbocycles. The Bertz CT molecular complexity index is 671. The standard InChI is InChI=1S/C21H28N2O2/c1-4-5-9-14-22-20(17-10-7-6-8-11-17)21(24)23-18-15-16(2)12-13-19(18)25-3/h6-8,10-13,15,20,22H,4-5,9,14H2,1-3H3,(H,23,24)/t20-/m0/s1. The Hall–Kier alpha value is -2.33. The van der Waals surface area contributed by atoms with Gasteiger partial charge in [-0.05, 0) is 43.1 Å². The zero-order chi connectivity index (χ0) is 18.1. The Morgan fingerprint density at radius 1 is 1.12 bits per heavy atom. The monoisotopic (exact) mass is 340 g/mol. The fourth-order valence-corrected chi connectivity index (χ4v) is 2.75. The van der Waals surface area contributed by atoms with Gasteiger partial charge in [0.1, 0.15) is 11.8 Å². The van der Waals surface area contributed by atoms with Gasteiger partial charge in [0.05, 0.1) is 12.8 Å². The van der Waals surface area contributed by atoms with Crippen molar-refractivity contribution in [3.8, 4) is 5.75 Å². The summed E-state index contributed by atoms with van der Waals surface area (Å²) in [5, 5.41) is 6.41. The minimum absolute atomic E-state index is 0.0772. The topological polar surface area (TPSA) is 50.4 Å². The lowest BCUT2D eigenvalue weighted by atomic mass is 10.1. The Kier molecular flexibility index (Phi) is 7.48. The number of benzene rings is 2. The molecule has 0 fully saturated rings. The van der Waals surface area contributed by atoms with Crippen LogP contribution in [0.25, 0.3) is 0 Å². The number of ether oxygens (including phenoxy) is 1. The number of aryl methyl sites for hydroxylation is 1. The lowest BCUT2D eigenvalue weighted by Crippen LogP contribution is -2.33. The molecule has 0 aliphatic rings. The van der Waals surface area contributed by atoms with E-state index in [2.05, 4.69) is 17.6 Å². The van der Waals surface area contributed by atoms with Gasteiger partial charge in [-0.1, -0.05) is 56.2 Å². The lowest BCUT2D eigenvalue weighted by Gasteiger charge is -2.20. The van der Waals surface area contributed by atoms with E-state index in [0.717, 1.165) is 36.9 Å². The van der Waals surface area contributed by atoms with Crippen molar-refractivity contribution >= 4 is 11.6 Å². The summed E-state index contributed by atoms with van der Waals surface area (Å²) in [4.78, 5) is 12.9. The Labute approximate surface area is 150 Å². The number of hydrogen-bond donors (Lipinski definition) is 2. The van der Waals surface area contributed by atoms with Crippen LogP contribution in [-0.2, 0) is 4.79 Å². The van der Waals surface area contributed by atoms with E-state index >= 15 is 0 Å². The van der Waals surface area contributed by atoms with Crippen LogP contribution in [0.5, 0.6) is 5.75 Å². The van der Waals surface area contributed by atoms with E-state index in [1.807, 2.05) is 55.5 Å². The molecule has 2 rings (SSSR count). The van der Waals surface area contributed by atoms with Crippen LogP contribution >= 0.6 is 0 Å². The third-order valence-electron chi connectivity index (χ3n) is 4.14. The average Bonchev–Trinajstić information content (AvgIpc) is 2.62. The predicted octanol–water partition coefficient (Wildman–Crippen LogP) is 4.46. The number of amides is 1. The van der Waals surface area contributed by atoms with Crippen LogP contribution < -0.4 is 15.4 Å². The van der Waals surface area contributed by atoms with Gasteiger partial charge in [0, 0.05) is 0 Å². The molecule has 0 radical (unpaired) electrons. The van der Waals surface area contributed by atoms with E-state index in [-0.39, 0.29) is 11.9 Å². The average molecular weight is 340 g/mol. The van der Waals surface area contributed by atoms with Gasteiger partial charge >= 0.3 is 0 Å². The van der Waals surface area contributed by atoms with E-state index in [9.17, 15) is 4.79 Å². The second-order valence-corrected chi connectivity index (χ2v) is 6.20. The maximum absolute atomic E-state index is 12.9. The molecule has 0 aliphatic heterocycles. The molecule has 0 spiro atoms. The van der Waals surface area contributed by atoms with Crippen molar-refractivity contribution in [1.29, 1.82) is 0 Å². The number of carbonyl (C=O) groups excluding carboxylic acids is 1. The Balaban J connectivity index is 2.16. The quantitative estimate of drug-likeness (QED) is 0.663. The van der Waals surface area contributed by atoms with Crippen molar-refractivity contribution in [2.75, 3.05) is 19.0 Å². The highest BCUT2D eigenvalue weighted by Gasteiger charge is 2.21. The van der Waals surface area contributed by atoms with Crippen LogP contribution in [-0.4, -0.2) is 19.6 Å². The summed E-state index contributed by atoms with van der Waals surface area (Å²) in [7, 11) is 1.61. The van der Waals surface area contributed by atoms with Crippen LogP contribution in [0, 0.1) is 6.92 Å². The van der Waals surface area contributed by atoms with Crippen LogP contribution in [0.1, 0.15) is 43.4 Å². The highest BCUT2D eigenvalue weighted by atomic mass is 16.5. The van der Waals surface area contributed by atoms with E-state index in [0.29, 0.717) is 11.4 Å². The molecule has 0 saturated carbocycles. The summed E-state index contributed by atoms with van der Waals surface area (Å²) >= 11 is 0. The van der Waals surface area contributed by atoms with Crippen molar-refractivity contribution in [3.63, 3.8) is 0 Å². The minimum Gasteiger partial charge on any atom is -0.495 e. The first-order valence-corrected chi connectivity index (χ1v) is 8.89. The minimum atomic E-state index is -0.386. The number of carbonyl (C=O) groups is 1. The Morgan fingerprint density at radius 2 is 1.88 bits per heavy atom. The maximum Gasteiger partial charge on any atom is 0.246 e. The summed E-state index contributed by atoms with van der Waals surface area (Å²) in [6, 6.07) is 15.2. The summed E-state index contributed by atoms with van der Waals surface area (Å²) in [6.07, 6.45) is 3.37. The smallest absolute Gasteiger partial charge is 0.246 e. The molecule has 0 heterocycles. The molecule has 1 atom stereocenters. The Morgan fingerprint density at radius 3 is 2.56 bits per heavy atom. The summed E-state index contributed by atoms with van der Waals surface area (Å²) in [5.41, 5.74) is 2.73. The SMILES string of the molecule is CCCCCN[C@H](C(=O)Nc1cc(C)ccc1OC)c1ccccc1. The van der Waals surface area contributed by atoms with Gasteiger partial charge in [-0.2, -0.15) is 0 Å². The van der Waals surface area contributed by atoms with Crippen molar-refractivity contribution < 1.29 is 9.53 Å². The van der Waals surface area contributed by atoms with E-state index in [1.54, 1.807) is 7.11 Å². The predicted molar refractivity (Wildman–Crippen MR) is 103 cm³/mol. The first-order valence-electron chi connectivity index (χ1n) is 8.89. The second kappa shape index (κ2) is 9.84. The zero-order valence-corrected chi connectivity index (χ0v) is 15.3. The van der Waals surface area contributed by atoms with Gasteiger partial charge in [-0.3, -0.25) is 4.79 Å². The van der Waals surface area contributed by atoms with E-state index in [1.165, 1.54) is 0 Å². The normalized spacial score (nSPS) is 11.8. The largest absolute Gasteiger partial charge is 0.495 e. The van der Waals surface area contributed by atoms with E-state index < -0.39 is 0 Å². The van der Waals surface area contributed by atoms with Crippen molar-refractivity contribution in [2.24, 2.45) is 0 Å². The van der Waals surface area contributed by atoms with Crippen molar-refractivity contribution in [2.45, 2.75) is 39.2 Å². The lowest BCUT2D eigenvalue weighted by molar-refractivity contribution is -0.118. The van der Waals surface area contributed by atoms with Gasteiger partial charge in [-0.25, -0.2) is 0 Å². The van der Waals surface area contributed by atoms with Crippen LogP contribution in [0.3, 0.4) is 0 Å². The number of rotatable bonds is 9. The number of hydrogen-bond acceptors (Lipinski definition) is 3. The highest BCUT2D eigenvalue weighted by molar-refractivity contribution is 5.96. The molecule has 0 unspecified atom stereocenters. The fraction of sp³-hybridized carbons (Fsp3) is 0.381.